The largest absolute Gasteiger partial charge is 0.493 e. The molecule has 1 fully saturated rings. The third-order valence-corrected chi connectivity index (χ3v) is 4.94. The van der Waals surface area contributed by atoms with Crippen molar-refractivity contribution >= 4 is 34.6 Å². The number of nitrogens with zero attached hydrogens (tertiary/aromatic N) is 1. The number of aryl methyl sites for hydroxylation is 1. The maximum absolute atomic E-state index is 12.3. The number of nitrogens with one attached hydrogen (secondary N) is 1. The molecule has 0 radical (unpaired) electrons. The van der Waals surface area contributed by atoms with Crippen LogP contribution in [0.3, 0.4) is 0 Å². The molecule has 140 valence electrons. The van der Waals surface area contributed by atoms with Crippen LogP contribution in [0.2, 0.25) is 0 Å². The van der Waals surface area contributed by atoms with Crippen molar-refractivity contribution < 1.29 is 14.3 Å². The maximum atomic E-state index is 12.3. The van der Waals surface area contributed by atoms with Crippen molar-refractivity contribution in [2.45, 2.75) is 20.3 Å². The lowest BCUT2D eigenvalue weighted by atomic mass is 10.1. The van der Waals surface area contributed by atoms with Gasteiger partial charge in [-0.25, -0.2) is 4.99 Å². The number of amides is 1. The number of benzene rings is 2. The zero-order valence-corrected chi connectivity index (χ0v) is 16.4. The fourth-order valence-electron chi connectivity index (χ4n) is 2.71. The fourth-order valence-corrected chi connectivity index (χ4v) is 3.54. The molecule has 1 heterocycles. The average molecular weight is 382 g/mol. The number of rotatable bonds is 6. The molecule has 1 saturated heterocycles. The highest BCUT2D eigenvalue weighted by Gasteiger charge is 2.24. The normalized spacial score (nSPS) is 16.6. The Kier molecular flexibility index (Phi) is 6.19. The van der Waals surface area contributed by atoms with Gasteiger partial charge in [0.2, 0.25) is 0 Å². The van der Waals surface area contributed by atoms with Crippen LogP contribution in [0.25, 0.3) is 6.08 Å². The fraction of sp³-hybridized carbons (Fsp3) is 0.238. The summed E-state index contributed by atoms with van der Waals surface area (Å²) in [6.45, 7) is 4.57. The zero-order chi connectivity index (χ0) is 19.2. The molecule has 1 aliphatic rings. The van der Waals surface area contributed by atoms with Crippen LogP contribution in [0.1, 0.15) is 25.0 Å². The van der Waals surface area contributed by atoms with Gasteiger partial charge in [0.1, 0.15) is 0 Å². The van der Waals surface area contributed by atoms with Gasteiger partial charge in [-0.1, -0.05) is 31.2 Å². The third kappa shape index (κ3) is 4.52. The molecule has 0 saturated carbocycles. The SMILES string of the molecule is CCOc1ccc(/C=C2\SC(=Nc3ccccc3CC)NC2=O)cc1OC. The third-order valence-electron chi connectivity index (χ3n) is 4.03. The highest BCUT2D eigenvalue weighted by atomic mass is 32.2. The Hall–Kier alpha value is -2.73. The van der Waals surface area contributed by atoms with Crippen molar-refractivity contribution in [1.29, 1.82) is 0 Å². The summed E-state index contributed by atoms with van der Waals surface area (Å²) in [5, 5.41) is 3.42. The quantitative estimate of drug-likeness (QED) is 0.745. The number of carbonyl (C=O) groups excluding carboxylic acids is 1. The summed E-state index contributed by atoms with van der Waals surface area (Å²) in [5.41, 5.74) is 2.89. The Labute approximate surface area is 163 Å². The van der Waals surface area contributed by atoms with E-state index in [0.29, 0.717) is 28.2 Å². The lowest BCUT2D eigenvalue weighted by Crippen LogP contribution is -2.19. The number of amidine groups is 1. The number of ether oxygens (including phenoxy) is 2. The van der Waals surface area contributed by atoms with E-state index in [9.17, 15) is 4.79 Å². The van der Waals surface area contributed by atoms with Gasteiger partial charge >= 0.3 is 0 Å². The van der Waals surface area contributed by atoms with Gasteiger partial charge in [0.05, 0.1) is 24.3 Å². The molecular weight excluding hydrogens is 360 g/mol. The minimum absolute atomic E-state index is 0.152. The minimum Gasteiger partial charge on any atom is -0.493 e. The summed E-state index contributed by atoms with van der Waals surface area (Å²) < 4.78 is 10.9. The first-order chi connectivity index (χ1) is 13.1. The first-order valence-electron chi connectivity index (χ1n) is 8.83. The van der Waals surface area contributed by atoms with Crippen molar-refractivity contribution in [2.24, 2.45) is 4.99 Å². The van der Waals surface area contributed by atoms with E-state index in [1.165, 1.54) is 11.8 Å². The highest BCUT2D eigenvalue weighted by Crippen LogP contribution is 2.32. The van der Waals surface area contributed by atoms with E-state index >= 15 is 0 Å². The summed E-state index contributed by atoms with van der Waals surface area (Å²) in [5.74, 6) is 1.17. The predicted molar refractivity (Wildman–Crippen MR) is 111 cm³/mol. The summed E-state index contributed by atoms with van der Waals surface area (Å²) in [6.07, 6.45) is 2.72. The van der Waals surface area contributed by atoms with Crippen LogP contribution in [0.5, 0.6) is 11.5 Å². The number of methoxy groups -OCH3 is 1. The van der Waals surface area contributed by atoms with E-state index in [1.807, 2.05) is 55.5 Å². The van der Waals surface area contributed by atoms with Crippen LogP contribution in [0, 0.1) is 0 Å². The number of thioether (sulfide) groups is 1. The minimum atomic E-state index is -0.152. The standard InChI is InChI=1S/C21H22N2O3S/c1-4-15-8-6-7-9-16(15)22-21-23-20(24)19(27-21)13-14-10-11-17(26-5-2)18(12-14)25-3/h6-13H,4-5H2,1-3H3,(H,22,23,24)/b19-13-. The molecule has 6 heteroatoms. The van der Waals surface area contributed by atoms with Gasteiger partial charge in [-0.15, -0.1) is 0 Å². The Morgan fingerprint density at radius 3 is 2.70 bits per heavy atom. The Balaban J connectivity index is 1.84. The van der Waals surface area contributed by atoms with E-state index in [4.69, 9.17) is 9.47 Å². The van der Waals surface area contributed by atoms with E-state index in [2.05, 4.69) is 17.2 Å². The van der Waals surface area contributed by atoms with Gasteiger partial charge < -0.3 is 14.8 Å². The molecule has 0 atom stereocenters. The second-order valence-corrected chi connectivity index (χ2v) is 6.84. The predicted octanol–water partition coefficient (Wildman–Crippen LogP) is 4.55. The van der Waals surface area contributed by atoms with Crippen LogP contribution in [0.15, 0.2) is 52.4 Å². The summed E-state index contributed by atoms with van der Waals surface area (Å²) >= 11 is 1.33. The van der Waals surface area contributed by atoms with E-state index in [-0.39, 0.29) is 5.91 Å². The van der Waals surface area contributed by atoms with Gasteiger partial charge in [-0.2, -0.15) is 0 Å². The number of aliphatic imine (C=N–C) groups is 1. The van der Waals surface area contributed by atoms with Crippen molar-refractivity contribution in [2.75, 3.05) is 13.7 Å². The van der Waals surface area contributed by atoms with Crippen molar-refractivity contribution in [3.63, 3.8) is 0 Å². The smallest absolute Gasteiger partial charge is 0.264 e. The molecule has 1 aliphatic heterocycles. The molecular formula is C21H22N2O3S. The van der Waals surface area contributed by atoms with Crippen LogP contribution < -0.4 is 14.8 Å². The molecule has 0 spiro atoms. The van der Waals surface area contributed by atoms with Gasteiger partial charge in [0.15, 0.2) is 16.7 Å². The van der Waals surface area contributed by atoms with Gasteiger partial charge in [-0.05, 0) is 60.5 Å². The number of hydrogen-bond donors (Lipinski definition) is 1. The molecule has 1 amide bonds. The summed E-state index contributed by atoms with van der Waals surface area (Å²) in [6, 6.07) is 13.5. The van der Waals surface area contributed by atoms with Crippen LogP contribution >= 0.6 is 11.8 Å². The summed E-state index contributed by atoms with van der Waals surface area (Å²) in [4.78, 5) is 17.5. The molecule has 27 heavy (non-hydrogen) atoms. The van der Waals surface area contributed by atoms with Crippen LogP contribution in [0.4, 0.5) is 5.69 Å². The van der Waals surface area contributed by atoms with Crippen molar-refractivity contribution in [3.8, 4) is 11.5 Å². The Morgan fingerprint density at radius 2 is 1.96 bits per heavy atom. The Morgan fingerprint density at radius 1 is 1.15 bits per heavy atom. The van der Waals surface area contributed by atoms with Crippen LogP contribution in [-0.4, -0.2) is 24.8 Å². The highest BCUT2D eigenvalue weighted by molar-refractivity contribution is 8.18. The first-order valence-corrected chi connectivity index (χ1v) is 9.64. The van der Waals surface area contributed by atoms with Gasteiger partial charge in [-0.3, -0.25) is 4.79 Å². The van der Waals surface area contributed by atoms with Gasteiger partial charge in [0.25, 0.3) is 5.91 Å². The second kappa shape index (κ2) is 8.77. The molecule has 3 rings (SSSR count). The lowest BCUT2D eigenvalue weighted by molar-refractivity contribution is -0.115. The molecule has 5 nitrogen and oxygen atoms in total. The maximum Gasteiger partial charge on any atom is 0.264 e. The number of carbonyl (C=O) groups is 1. The van der Waals surface area contributed by atoms with Gasteiger partial charge in [0, 0.05) is 0 Å². The van der Waals surface area contributed by atoms with Crippen LogP contribution in [-0.2, 0) is 11.2 Å². The van der Waals surface area contributed by atoms with E-state index in [0.717, 1.165) is 23.2 Å². The first kappa shape index (κ1) is 19.0. The monoisotopic (exact) mass is 382 g/mol. The second-order valence-electron chi connectivity index (χ2n) is 5.81. The molecule has 0 unspecified atom stereocenters. The van der Waals surface area contributed by atoms with Crippen molar-refractivity contribution in [3.05, 3.63) is 58.5 Å². The molecule has 0 aromatic heterocycles. The molecule has 1 N–H and O–H groups in total. The molecule has 2 aromatic rings. The molecule has 2 aromatic carbocycles. The van der Waals surface area contributed by atoms with Crippen molar-refractivity contribution in [1.82, 2.24) is 5.32 Å². The number of hydrogen-bond acceptors (Lipinski definition) is 5. The molecule has 0 bridgehead atoms. The molecule has 0 aliphatic carbocycles. The number of para-hydroxylation sites is 1. The van der Waals surface area contributed by atoms with E-state index in [1.54, 1.807) is 7.11 Å². The summed E-state index contributed by atoms with van der Waals surface area (Å²) in [7, 11) is 1.60. The Bertz CT molecular complexity index is 906. The van der Waals surface area contributed by atoms with E-state index < -0.39 is 0 Å². The topological polar surface area (TPSA) is 59.9 Å². The average Bonchev–Trinajstić information content (AvgIpc) is 3.02. The zero-order valence-electron chi connectivity index (χ0n) is 15.6. The lowest BCUT2D eigenvalue weighted by Gasteiger charge is -2.09.